The minimum Gasteiger partial charge on any atom is -0.387 e. The van der Waals surface area contributed by atoms with Gasteiger partial charge in [0, 0.05) is 30.7 Å². The lowest BCUT2D eigenvalue weighted by Crippen LogP contribution is -2.14. The summed E-state index contributed by atoms with van der Waals surface area (Å²) in [6.45, 7) is 1.00. The van der Waals surface area contributed by atoms with E-state index >= 15 is 0 Å². The first-order valence-corrected chi connectivity index (χ1v) is 9.27. The van der Waals surface area contributed by atoms with E-state index in [1.54, 1.807) is 43.3 Å². The molecule has 3 rings (SSSR count). The van der Waals surface area contributed by atoms with Gasteiger partial charge in [-0.25, -0.2) is 0 Å². The summed E-state index contributed by atoms with van der Waals surface area (Å²) < 4.78 is 2.20. The van der Waals surface area contributed by atoms with E-state index in [1.807, 2.05) is 12.1 Å². The zero-order valence-corrected chi connectivity index (χ0v) is 15.4. The van der Waals surface area contributed by atoms with Crippen molar-refractivity contribution < 1.29 is 4.79 Å². The first-order valence-electron chi connectivity index (χ1n) is 7.57. The van der Waals surface area contributed by atoms with Gasteiger partial charge in [-0.3, -0.25) is 4.79 Å². The monoisotopic (exact) mass is 381 g/mol. The summed E-state index contributed by atoms with van der Waals surface area (Å²) in [6.07, 6.45) is 1.16. The van der Waals surface area contributed by atoms with E-state index in [9.17, 15) is 4.79 Å². The molecule has 1 amide bonds. The normalized spacial score (nSPS) is 13.9. The number of nitrogens with one attached hydrogen (secondary N) is 2. The van der Waals surface area contributed by atoms with Gasteiger partial charge < -0.3 is 14.9 Å². The number of amides is 1. The van der Waals surface area contributed by atoms with Crippen molar-refractivity contribution in [2.75, 3.05) is 34.3 Å². The van der Waals surface area contributed by atoms with E-state index in [2.05, 4.69) is 14.9 Å². The van der Waals surface area contributed by atoms with Crippen molar-refractivity contribution in [2.24, 2.45) is 0 Å². The summed E-state index contributed by atoms with van der Waals surface area (Å²) in [5.41, 5.74) is 2.89. The fourth-order valence-electron chi connectivity index (χ4n) is 2.49. The number of hydrogen-bond donors (Lipinski definition) is 2. The predicted octanol–water partition coefficient (Wildman–Crippen LogP) is 5.15. The number of hydrogen-bond acceptors (Lipinski definition) is 4. The molecule has 126 valence electrons. The van der Waals surface area contributed by atoms with Gasteiger partial charge in [0.2, 0.25) is 0 Å². The second-order valence-corrected chi connectivity index (χ2v) is 7.27. The van der Waals surface area contributed by atoms with Crippen LogP contribution in [-0.2, 0) is 0 Å². The van der Waals surface area contributed by atoms with Crippen LogP contribution in [0, 0.1) is 0 Å². The zero-order valence-electron chi connectivity index (χ0n) is 13.1. The number of rotatable bonds is 4. The number of halogens is 2. The smallest absolute Gasteiger partial charge is 0.257 e. The Labute approximate surface area is 155 Å². The topological polar surface area (TPSA) is 44.4 Å². The van der Waals surface area contributed by atoms with Crippen LogP contribution in [0.3, 0.4) is 0 Å². The van der Waals surface area contributed by atoms with Crippen LogP contribution < -0.4 is 14.9 Å². The van der Waals surface area contributed by atoms with E-state index in [4.69, 9.17) is 23.2 Å². The van der Waals surface area contributed by atoms with Crippen LogP contribution in [0.25, 0.3) is 0 Å². The molecule has 0 unspecified atom stereocenters. The van der Waals surface area contributed by atoms with Gasteiger partial charge in [-0.2, -0.15) is 0 Å². The third kappa shape index (κ3) is 3.74. The Morgan fingerprint density at radius 1 is 1.17 bits per heavy atom. The molecule has 24 heavy (non-hydrogen) atoms. The minimum atomic E-state index is -0.245. The molecule has 2 aromatic carbocycles. The largest absolute Gasteiger partial charge is 0.387 e. The molecular weight excluding hydrogens is 365 g/mol. The highest BCUT2D eigenvalue weighted by Crippen LogP contribution is 2.32. The maximum Gasteiger partial charge on any atom is 0.257 e. The van der Waals surface area contributed by atoms with Gasteiger partial charge in [0.05, 0.1) is 21.3 Å². The first-order chi connectivity index (χ1) is 11.6. The first kappa shape index (κ1) is 17.3. The molecule has 2 aromatic rings. The van der Waals surface area contributed by atoms with Crippen LogP contribution in [0.1, 0.15) is 16.8 Å². The highest BCUT2D eigenvalue weighted by atomic mass is 35.5. The Kier molecular flexibility index (Phi) is 5.43. The van der Waals surface area contributed by atoms with Crippen molar-refractivity contribution in [1.82, 2.24) is 0 Å². The molecule has 1 aliphatic rings. The van der Waals surface area contributed by atoms with Crippen LogP contribution in [0.2, 0.25) is 10.0 Å². The van der Waals surface area contributed by atoms with Crippen molar-refractivity contribution >= 4 is 58.1 Å². The fourth-order valence-corrected chi connectivity index (χ4v) is 3.96. The summed E-state index contributed by atoms with van der Waals surface area (Å²) in [7, 11) is 1.78. The average molecular weight is 382 g/mol. The van der Waals surface area contributed by atoms with Crippen LogP contribution in [0.5, 0.6) is 0 Å². The predicted molar refractivity (Wildman–Crippen MR) is 105 cm³/mol. The highest BCUT2D eigenvalue weighted by Gasteiger charge is 2.17. The van der Waals surface area contributed by atoms with Crippen molar-refractivity contribution in [3.8, 4) is 0 Å². The summed E-state index contributed by atoms with van der Waals surface area (Å²) in [6, 6.07) is 10.8. The Bertz CT molecular complexity index is 763. The molecular formula is C17H17Cl2N3OS. The second-order valence-electron chi connectivity index (χ2n) is 5.35. The van der Waals surface area contributed by atoms with E-state index in [0.717, 1.165) is 30.1 Å². The Balaban J connectivity index is 1.77. The van der Waals surface area contributed by atoms with E-state index in [1.165, 1.54) is 0 Å². The molecule has 0 spiro atoms. The molecule has 2 N–H and O–H groups in total. The van der Waals surface area contributed by atoms with Crippen molar-refractivity contribution in [2.45, 2.75) is 6.42 Å². The second kappa shape index (κ2) is 7.55. The number of benzene rings is 2. The molecule has 0 aromatic heterocycles. The molecule has 4 nitrogen and oxygen atoms in total. The molecule has 0 atom stereocenters. The molecule has 1 aliphatic heterocycles. The maximum atomic E-state index is 12.5. The van der Waals surface area contributed by atoms with Crippen LogP contribution in [0.15, 0.2) is 36.4 Å². The van der Waals surface area contributed by atoms with Crippen LogP contribution >= 0.6 is 35.1 Å². The van der Waals surface area contributed by atoms with Gasteiger partial charge in [0.15, 0.2) is 0 Å². The minimum absolute atomic E-state index is 0.245. The van der Waals surface area contributed by atoms with Crippen molar-refractivity contribution in [3.05, 3.63) is 52.0 Å². The average Bonchev–Trinajstić information content (AvgIpc) is 3.11. The summed E-state index contributed by atoms with van der Waals surface area (Å²) in [4.78, 5) is 12.5. The summed E-state index contributed by atoms with van der Waals surface area (Å²) >= 11 is 14.2. The lowest BCUT2D eigenvalue weighted by Gasteiger charge is -2.17. The third-order valence-corrected chi connectivity index (χ3v) is 5.55. The highest BCUT2D eigenvalue weighted by molar-refractivity contribution is 8.00. The quantitative estimate of drug-likeness (QED) is 0.719. The number of anilines is 3. The third-order valence-electron chi connectivity index (χ3n) is 3.73. The number of carbonyl (C=O) groups excluding carboxylic acids is 1. The lowest BCUT2D eigenvalue weighted by atomic mass is 10.1. The Morgan fingerprint density at radius 3 is 2.67 bits per heavy atom. The SMILES string of the molecule is CNc1cc(NC(=O)c2ccc(N3CCCS3)cc2Cl)ccc1Cl. The number of nitrogens with zero attached hydrogens (tertiary/aromatic N) is 1. The molecule has 0 bridgehead atoms. The lowest BCUT2D eigenvalue weighted by molar-refractivity contribution is 0.102. The Hall–Kier alpha value is -1.56. The van der Waals surface area contributed by atoms with Gasteiger partial charge >= 0.3 is 0 Å². The molecule has 1 heterocycles. The van der Waals surface area contributed by atoms with Gasteiger partial charge in [-0.05, 0) is 54.8 Å². The van der Waals surface area contributed by atoms with E-state index < -0.39 is 0 Å². The van der Waals surface area contributed by atoms with Crippen molar-refractivity contribution in [3.63, 3.8) is 0 Å². The molecule has 1 fully saturated rings. The zero-order chi connectivity index (χ0) is 17.1. The summed E-state index contributed by atoms with van der Waals surface area (Å²) in [5, 5.41) is 6.87. The standard InChI is InChI=1S/C17H17Cl2N3OS/c1-20-16-9-11(3-6-14(16)18)21-17(23)13-5-4-12(10-15(13)19)22-7-2-8-24-22/h3-6,9-10,20H,2,7-8H2,1H3,(H,21,23). The molecule has 1 saturated heterocycles. The van der Waals surface area contributed by atoms with Gasteiger partial charge in [-0.1, -0.05) is 23.2 Å². The Morgan fingerprint density at radius 2 is 2.00 bits per heavy atom. The van der Waals surface area contributed by atoms with Gasteiger partial charge in [-0.15, -0.1) is 0 Å². The van der Waals surface area contributed by atoms with E-state index in [0.29, 0.717) is 21.3 Å². The summed E-state index contributed by atoms with van der Waals surface area (Å²) in [5.74, 6) is 0.870. The molecule has 7 heteroatoms. The fraction of sp³-hybridized carbons (Fsp3) is 0.235. The molecule has 0 radical (unpaired) electrons. The van der Waals surface area contributed by atoms with Gasteiger partial charge in [0.1, 0.15) is 0 Å². The molecule has 0 aliphatic carbocycles. The van der Waals surface area contributed by atoms with Crippen LogP contribution in [0.4, 0.5) is 17.1 Å². The number of carbonyl (C=O) groups is 1. The maximum absolute atomic E-state index is 12.5. The molecule has 0 saturated carbocycles. The van der Waals surface area contributed by atoms with Crippen LogP contribution in [-0.4, -0.2) is 25.3 Å². The van der Waals surface area contributed by atoms with E-state index in [-0.39, 0.29) is 5.91 Å². The van der Waals surface area contributed by atoms with Crippen molar-refractivity contribution in [1.29, 1.82) is 0 Å². The van der Waals surface area contributed by atoms with Gasteiger partial charge in [0.25, 0.3) is 5.91 Å².